The number of alkyl halides is 2. The Labute approximate surface area is 54.0 Å². The van der Waals surface area contributed by atoms with Crippen LogP contribution < -0.4 is 0 Å². The van der Waals surface area contributed by atoms with Crippen molar-refractivity contribution in [3.63, 3.8) is 0 Å². The summed E-state index contributed by atoms with van der Waals surface area (Å²) in [7, 11) is 1.42. The van der Waals surface area contributed by atoms with Gasteiger partial charge in [-0.05, 0) is 0 Å². The monoisotopic (exact) mass is 138 g/mol. The third-order valence-corrected chi connectivity index (χ3v) is 1.19. The van der Waals surface area contributed by atoms with Crippen LogP contribution in [0.2, 0.25) is 0 Å². The normalized spacial score (nSPS) is 12.0. The standard InChI is InChI=1S/C6H12F2O/c1-3-6(7,8)4-5-9-2/h3-5H2,1-2H3. The van der Waals surface area contributed by atoms with Crippen LogP contribution in [0.4, 0.5) is 8.78 Å². The maximum atomic E-state index is 12.3. The maximum absolute atomic E-state index is 12.3. The highest BCUT2D eigenvalue weighted by molar-refractivity contribution is 4.61. The summed E-state index contributed by atoms with van der Waals surface area (Å²) in [5.74, 6) is -2.53. The van der Waals surface area contributed by atoms with Crippen LogP contribution in [0, 0.1) is 0 Å². The molecular weight excluding hydrogens is 126 g/mol. The minimum Gasteiger partial charge on any atom is -0.384 e. The molecule has 0 aliphatic rings. The van der Waals surface area contributed by atoms with Crippen LogP contribution in [0.5, 0.6) is 0 Å². The van der Waals surface area contributed by atoms with E-state index in [-0.39, 0.29) is 19.4 Å². The summed E-state index contributed by atoms with van der Waals surface area (Å²) in [5.41, 5.74) is 0. The Hall–Kier alpha value is -0.180. The van der Waals surface area contributed by atoms with Crippen molar-refractivity contribution in [2.75, 3.05) is 13.7 Å². The van der Waals surface area contributed by atoms with Gasteiger partial charge in [-0.25, -0.2) is 8.78 Å². The van der Waals surface area contributed by atoms with Gasteiger partial charge in [0.15, 0.2) is 0 Å². The van der Waals surface area contributed by atoms with Gasteiger partial charge in [-0.3, -0.25) is 0 Å². The lowest BCUT2D eigenvalue weighted by Crippen LogP contribution is -2.16. The first-order chi connectivity index (χ1) is 4.12. The molecule has 3 heteroatoms. The van der Waals surface area contributed by atoms with Crippen LogP contribution in [-0.4, -0.2) is 19.6 Å². The first-order valence-corrected chi connectivity index (χ1v) is 2.99. The van der Waals surface area contributed by atoms with Crippen LogP contribution >= 0.6 is 0 Å². The molecule has 0 aromatic rings. The molecule has 0 spiro atoms. The Bertz CT molecular complexity index is 73.5. The van der Waals surface area contributed by atoms with E-state index < -0.39 is 5.92 Å². The Morgan fingerprint density at radius 1 is 1.44 bits per heavy atom. The van der Waals surface area contributed by atoms with Crippen molar-refractivity contribution in [2.24, 2.45) is 0 Å². The van der Waals surface area contributed by atoms with Gasteiger partial charge in [-0.1, -0.05) is 6.92 Å². The van der Waals surface area contributed by atoms with Gasteiger partial charge >= 0.3 is 0 Å². The lowest BCUT2D eigenvalue weighted by Gasteiger charge is -2.11. The van der Waals surface area contributed by atoms with Crippen molar-refractivity contribution in [1.29, 1.82) is 0 Å². The molecule has 9 heavy (non-hydrogen) atoms. The highest BCUT2D eigenvalue weighted by Crippen LogP contribution is 2.21. The van der Waals surface area contributed by atoms with Crippen LogP contribution in [0.3, 0.4) is 0 Å². The zero-order valence-electron chi connectivity index (χ0n) is 5.79. The van der Waals surface area contributed by atoms with Crippen molar-refractivity contribution in [2.45, 2.75) is 25.7 Å². The van der Waals surface area contributed by atoms with Crippen LogP contribution in [0.1, 0.15) is 19.8 Å². The van der Waals surface area contributed by atoms with Gasteiger partial charge in [0, 0.05) is 20.0 Å². The average Bonchev–Trinajstić information content (AvgIpc) is 1.84. The molecule has 0 aliphatic heterocycles. The Kier molecular flexibility index (Phi) is 3.70. The molecule has 0 N–H and O–H groups in total. The Morgan fingerprint density at radius 2 is 2.00 bits per heavy atom. The highest BCUT2D eigenvalue weighted by atomic mass is 19.3. The molecule has 0 saturated heterocycles. The SMILES string of the molecule is CCC(F)(F)CCOC. The average molecular weight is 138 g/mol. The predicted octanol–water partition coefficient (Wildman–Crippen LogP) is 2.07. The molecule has 0 amide bonds. The maximum Gasteiger partial charge on any atom is 0.250 e. The van der Waals surface area contributed by atoms with Crippen LogP contribution in [0.25, 0.3) is 0 Å². The van der Waals surface area contributed by atoms with E-state index in [9.17, 15) is 8.78 Å². The third-order valence-electron chi connectivity index (χ3n) is 1.19. The van der Waals surface area contributed by atoms with Gasteiger partial charge in [0.1, 0.15) is 0 Å². The number of methoxy groups -OCH3 is 1. The smallest absolute Gasteiger partial charge is 0.250 e. The van der Waals surface area contributed by atoms with E-state index >= 15 is 0 Å². The van der Waals surface area contributed by atoms with Gasteiger partial charge in [-0.2, -0.15) is 0 Å². The minimum atomic E-state index is -2.53. The summed E-state index contributed by atoms with van der Waals surface area (Å²) in [6.07, 6.45) is -0.267. The first-order valence-electron chi connectivity index (χ1n) is 2.99. The quantitative estimate of drug-likeness (QED) is 0.577. The molecule has 0 fully saturated rings. The summed E-state index contributed by atoms with van der Waals surface area (Å²) in [5, 5.41) is 0. The molecule has 56 valence electrons. The van der Waals surface area contributed by atoms with Gasteiger partial charge in [-0.15, -0.1) is 0 Å². The van der Waals surface area contributed by atoms with E-state index in [0.717, 1.165) is 0 Å². The molecule has 0 bridgehead atoms. The topological polar surface area (TPSA) is 9.23 Å². The number of halogens is 2. The largest absolute Gasteiger partial charge is 0.384 e. The fourth-order valence-electron chi connectivity index (χ4n) is 0.428. The second-order valence-corrected chi connectivity index (χ2v) is 1.95. The summed E-state index contributed by atoms with van der Waals surface area (Å²) in [6.45, 7) is 1.61. The van der Waals surface area contributed by atoms with Gasteiger partial charge in [0.25, 0.3) is 0 Å². The molecule has 0 heterocycles. The lowest BCUT2D eigenvalue weighted by atomic mass is 10.2. The first kappa shape index (κ1) is 8.82. The van der Waals surface area contributed by atoms with Gasteiger partial charge in [0.05, 0.1) is 6.61 Å². The molecule has 0 aromatic heterocycles. The molecule has 0 atom stereocenters. The van der Waals surface area contributed by atoms with Crippen molar-refractivity contribution >= 4 is 0 Å². The molecule has 0 saturated carbocycles. The van der Waals surface area contributed by atoms with Crippen molar-refractivity contribution < 1.29 is 13.5 Å². The molecule has 0 rings (SSSR count). The molecule has 0 aliphatic carbocycles. The van der Waals surface area contributed by atoms with Gasteiger partial charge < -0.3 is 4.74 Å². The van der Waals surface area contributed by atoms with E-state index in [1.807, 2.05) is 0 Å². The third kappa shape index (κ3) is 4.33. The Balaban J connectivity index is 3.33. The molecule has 0 radical (unpaired) electrons. The molecule has 0 unspecified atom stereocenters. The van der Waals surface area contributed by atoms with E-state index in [4.69, 9.17) is 0 Å². The van der Waals surface area contributed by atoms with E-state index in [0.29, 0.717) is 0 Å². The number of hydrogen-bond donors (Lipinski definition) is 0. The number of ether oxygens (including phenoxy) is 1. The van der Waals surface area contributed by atoms with Crippen molar-refractivity contribution in [3.05, 3.63) is 0 Å². The van der Waals surface area contributed by atoms with E-state index in [1.54, 1.807) is 0 Å². The summed E-state index contributed by atoms with van der Waals surface area (Å²) >= 11 is 0. The highest BCUT2D eigenvalue weighted by Gasteiger charge is 2.24. The second-order valence-electron chi connectivity index (χ2n) is 1.95. The molecule has 0 aromatic carbocycles. The van der Waals surface area contributed by atoms with E-state index in [2.05, 4.69) is 4.74 Å². The predicted molar refractivity (Wildman–Crippen MR) is 31.7 cm³/mol. The summed E-state index contributed by atoms with van der Waals surface area (Å²) in [4.78, 5) is 0. The zero-order chi connectivity index (χ0) is 7.33. The van der Waals surface area contributed by atoms with Crippen LogP contribution in [-0.2, 0) is 4.74 Å². The fraction of sp³-hybridized carbons (Fsp3) is 1.00. The van der Waals surface area contributed by atoms with Crippen molar-refractivity contribution in [1.82, 2.24) is 0 Å². The summed E-state index contributed by atoms with van der Waals surface area (Å²) < 4.78 is 29.0. The van der Waals surface area contributed by atoms with Gasteiger partial charge in [0.2, 0.25) is 5.92 Å². The zero-order valence-corrected chi connectivity index (χ0v) is 5.79. The second kappa shape index (κ2) is 3.77. The lowest BCUT2D eigenvalue weighted by molar-refractivity contribution is -0.0300. The molecular formula is C6H12F2O. The Morgan fingerprint density at radius 3 is 2.33 bits per heavy atom. The fourth-order valence-corrected chi connectivity index (χ4v) is 0.428. The van der Waals surface area contributed by atoms with Crippen molar-refractivity contribution in [3.8, 4) is 0 Å². The number of rotatable bonds is 4. The summed E-state index contributed by atoms with van der Waals surface area (Å²) in [6, 6.07) is 0. The molecule has 1 nitrogen and oxygen atoms in total. The number of hydrogen-bond acceptors (Lipinski definition) is 1. The van der Waals surface area contributed by atoms with Crippen LogP contribution in [0.15, 0.2) is 0 Å². The van der Waals surface area contributed by atoms with E-state index in [1.165, 1.54) is 14.0 Å². The minimum absolute atomic E-state index is 0.101.